The van der Waals surface area contributed by atoms with Crippen LogP contribution < -0.4 is 21.7 Å². The Morgan fingerprint density at radius 1 is 0.750 bits per heavy atom. The number of hydrogen-bond acceptors (Lipinski definition) is 12. The molecule has 0 spiro atoms. The van der Waals surface area contributed by atoms with Gasteiger partial charge in [0.25, 0.3) is 23.2 Å². The number of primary amides is 2. The van der Waals surface area contributed by atoms with Gasteiger partial charge in [-0.15, -0.1) is 0 Å². The fraction of sp³-hybridized carbons (Fsp3) is 0.222. The number of nitro benzene ring substituents is 4. The highest BCUT2D eigenvalue weighted by Crippen LogP contribution is 2.37. The zero-order chi connectivity index (χ0) is 27.2. The number of benzene rings is 2. The first-order valence-corrected chi connectivity index (χ1v) is 9.80. The molecule has 2 aromatic rings. The average Bonchev–Trinajstić information content (AvgIpc) is 3.70. The summed E-state index contributed by atoms with van der Waals surface area (Å²) in [5.74, 6) is -2.06. The first kappa shape index (κ1) is 27.0. The molecule has 2 aromatic carbocycles. The van der Waals surface area contributed by atoms with E-state index in [1.54, 1.807) is 4.90 Å². The van der Waals surface area contributed by atoms with Crippen LogP contribution in [0.5, 0.6) is 0 Å². The molecule has 190 valence electrons. The molecule has 2 saturated heterocycles. The first-order chi connectivity index (χ1) is 16.9. The number of nitrogens with one attached hydrogen (secondary N) is 1. The minimum atomic E-state index is -1.08. The molecule has 36 heavy (non-hydrogen) atoms. The number of carbonyl (C=O) groups excluding carboxylic acids is 2. The van der Waals surface area contributed by atoms with Gasteiger partial charge in [0.05, 0.1) is 25.8 Å². The molecule has 0 atom stereocenters. The van der Waals surface area contributed by atoms with Gasteiger partial charge in [0.15, 0.2) is 0 Å². The third-order valence-corrected chi connectivity index (χ3v) is 4.45. The molecule has 0 saturated carbocycles. The highest BCUT2D eigenvalue weighted by atomic mass is 16.6. The number of anilines is 1. The summed E-state index contributed by atoms with van der Waals surface area (Å²) in [5, 5.41) is 45.6. The number of rotatable bonds is 7. The predicted octanol–water partition coefficient (Wildman–Crippen LogP) is 0.613. The van der Waals surface area contributed by atoms with Gasteiger partial charge in [-0.3, -0.25) is 50.0 Å². The van der Waals surface area contributed by atoms with Crippen molar-refractivity contribution < 1.29 is 29.3 Å². The van der Waals surface area contributed by atoms with Gasteiger partial charge in [-0.2, -0.15) is 0 Å². The van der Waals surface area contributed by atoms with Crippen molar-refractivity contribution in [2.75, 3.05) is 31.1 Å². The van der Waals surface area contributed by atoms with Gasteiger partial charge < -0.3 is 21.7 Å². The first-order valence-electron chi connectivity index (χ1n) is 9.80. The molecule has 2 aliphatic heterocycles. The Morgan fingerprint density at radius 3 is 1.61 bits per heavy atom. The minimum absolute atomic E-state index is 0.180. The van der Waals surface area contributed by atoms with Crippen molar-refractivity contribution >= 4 is 40.3 Å². The molecule has 18 heteroatoms. The maximum absolute atomic E-state index is 11.1. The van der Waals surface area contributed by atoms with Crippen molar-refractivity contribution in [1.29, 1.82) is 0 Å². The van der Waals surface area contributed by atoms with E-state index in [1.807, 2.05) is 0 Å². The van der Waals surface area contributed by atoms with Crippen LogP contribution in [0.25, 0.3) is 0 Å². The van der Waals surface area contributed by atoms with Gasteiger partial charge in [-0.25, -0.2) is 0 Å². The maximum Gasteiger partial charge on any atom is 0.358 e. The number of nitro groups is 4. The quantitative estimate of drug-likeness (QED) is 0.264. The smallest absolute Gasteiger partial charge is 0.358 e. The van der Waals surface area contributed by atoms with E-state index in [0.717, 1.165) is 30.3 Å². The summed E-state index contributed by atoms with van der Waals surface area (Å²) in [6.45, 7) is 3.72. The maximum atomic E-state index is 11.1. The van der Waals surface area contributed by atoms with E-state index in [1.165, 1.54) is 13.1 Å². The third kappa shape index (κ3) is 6.87. The zero-order valence-corrected chi connectivity index (χ0v) is 18.2. The fourth-order valence-corrected chi connectivity index (χ4v) is 2.67. The number of amides is 2. The molecule has 0 unspecified atom stereocenters. The van der Waals surface area contributed by atoms with Crippen LogP contribution in [0.2, 0.25) is 0 Å². The topological polar surface area (TPSA) is 284 Å². The van der Waals surface area contributed by atoms with Crippen LogP contribution in [0.4, 0.5) is 28.4 Å². The molecule has 2 fully saturated rings. The molecule has 18 nitrogen and oxygen atoms in total. The monoisotopic (exact) mass is 506 g/mol. The molecule has 2 amide bonds. The van der Waals surface area contributed by atoms with Crippen molar-refractivity contribution in [2.24, 2.45) is 11.5 Å². The number of hydrogen-bond donors (Lipinski definition) is 3. The van der Waals surface area contributed by atoms with E-state index >= 15 is 0 Å². The van der Waals surface area contributed by atoms with Crippen LogP contribution in [0, 0.1) is 40.5 Å². The van der Waals surface area contributed by atoms with Crippen LogP contribution in [-0.2, 0) is 0 Å². The molecule has 0 radical (unpaired) electrons. The Hall–Kier alpha value is -5.26. The lowest BCUT2D eigenvalue weighted by Gasteiger charge is -2.06. The van der Waals surface area contributed by atoms with Crippen molar-refractivity contribution in [2.45, 2.75) is 0 Å². The molecule has 2 heterocycles. The molecule has 0 aliphatic carbocycles. The number of nitrogens with two attached hydrogens (primary N) is 2. The van der Waals surface area contributed by atoms with Crippen LogP contribution in [0.15, 0.2) is 30.3 Å². The minimum Gasteiger partial charge on any atom is -0.365 e. The summed E-state index contributed by atoms with van der Waals surface area (Å²) >= 11 is 0. The molecule has 0 aromatic heterocycles. The van der Waals surface area contributed by atoms with Crippen LogP contribution in [-0.4, -0.2) is 57.7 Å². The summed E-state index contributed by atoms with van der Waals surface area (Å²) < 4.78 is 0. The summed E-state index contributed by atoms with van der Waals surface area (Å²) in [6, 6.07) is 5.03. The molecular weight excluding hydrogens is 488 g/mol. The molecule has 4 rings (SSSR count). The lowest BCUT2D eigenvalue weighted by Crippen LogP contribution is -2.14. The van der Waals surface area contributed by atoms with E-state index in [4.69, 9.17) is 11.5 Å². The number of nitrogens with zero attached hydrogens (tertiary/aromatic N) is 5. The Balaban J connectivity index is 0.000000229. The normalized spacial score (nSPS) is 12.6. The second-order valence-corrected chi connectivity index (χ2v) is 7.03. The van der Waals surface area contributed by atoms with Crippen molar-refractivity contribution in [3.05, 3.63) is 81.9 Å². The second-order valence-electron chi connectivity index (χ2n) is 7.03. The van der Waals surface area contributed by atoms with E-state index in [9.17, 15) is 50.0 Å². The van der Waals surface area contributed by atoms with E-state index in [0.29, 0.717) is 13.1 Å². The summed E-state index contributed by atoms with van der Waals surface area (Å²) in [6.07, 6.45) is 0. The van der Waals surface area contributed by atoms with Crippen molar-refractivity contribution in [1.82, 2.24) is 5.32 Å². The highest BCUT2D eigenvalue weighted by molar-refractivity contribution is 5.99. The fourth-order valence-electron chi connectivity index (χ4n) is 2.67. The lowest BCUT2D eigenvalue weighted by molar-refractivity contribution is -0.422. The third-order valence-electron chi connectivity index (χ3n) is 4.45. The van der Waals surface area contributed by atoms with Crippen LogP contribution in [0.3, 0.4) is 0 Å². The lowest BCUT2D eigenvalue weighted by atomic mass is 10.1. The van der Waals surface area contributed by atoms with E-state index < -0.39 is 59.8 Å². The number of carbonyl (C=O) groups is 2. The standard InChI is InChI=1S/C9H8N4O5.C7H5N3O5.C2H5N/c10-9(14)5-3-7(11-1-2-11)8(13(17)18)4-6(5)12(15)16;8-7(11)4-2-1-3-5(9(12)13)6(4)10(14)15;1-2-3-1/h3-4H,1-2H2,(H2,10,14);1-3H,(H2,8,11);3H,1-2H2. The summed E-state index contributed by atoms with van der Waals surface area (Å²) in [4.78, 5) is 62.6. The highest BCUT2D eigenvalue weighted by Gasteiger charge is 2.33. The SMILES string of the molecule is C1CN1.NC(=O)c1cc(N2CC2)c([N+](=O)[O-])cc1[N+](=O)[O-].NC(=O)c1cccc([N+](=O)[O-])c1[N+](=O)[O-]. The van der Waals surface area contributed by atoms with E-state index in [2.05, 4.69) is 5.32 Å². The largest absolute Gasteiger partial charge is 0.365 e. The van der Waals surface area contributed by atoms with Gasteiger partial charge in [0, 0.05) is 32.2 Å². The summed E-state index contributed by atoms with van der Waals surface area (Å²) in [7, 11) is 0. The van der Waals surface area contributed by atoms with Gasteiger partial charge in [0.2, 0.25) is 0 Å². The summed E-state index contributed by atoms with van der Waals surface area (Å²) in [5.41, 5.74) is 6.58. The molecular formula is C18H18N8O10. The van der Waals surface area contributed by atoms with Crippen molar-refractivity contribution in [3.63, 3.8) is 0 Å². The molecule has 5 N–H and O–H groups in total. The Labute approximate surface area is 200 Å². The average molecular weight is 506 g/mol. The second kappa shape index (κ2) is 11.2. The van der Waals surface area contributed by atoms with Crippen LogP contribution >= 0.6 is 0 Å². The van der Waals surface area contributed by atoms with Gasteiger partial charge in [-0.1, -0.05) is 6.07 Å². The Bertz CT molecular complexity index is 1220. The van der Waals surface area contributed by atoms with Crippen LogP contribution in [0.1, 0.15) is 20.7 Å². The Kier molecular flexibility index (Phi) is 8.43. The molecule has 0 bridgehead atoms. The van der Waals surface area contributed by atoms with Gasteiger partial charge in [0.1, 0.15) is 16.8 Å². The predicted molar refractivity (Wildman–Crippen MR) is 122 cm³/mol. The molecule has 2 aliphatic rings. The van der Waals surface area contributed by atoms with E-state index in [-0.39, 0.29) is 11.3 Å². The number of para-hydroxylation sites is 1. The van der Waals surface area contributed by atoms with Gasteiger partial charge >= 0.3 is 11.4 Å². The van der Waals surface area contributed by atoms with Gasteiger partial charge in [-0.05, 0) is 12.1 Å². The Morgan fingerprint density at radius 2 is 1.25 bits per heavy atom. The van der Waals surface area contributed by atoms with Crippen molar-refractivity contribution in [3.8, 4) is 0 Å². The zero-order valence-electron chi connectivity index (χ0n) is 18.2.